The first-order valence-electron chi connectivity index (χ1n) is 7.77. The number of amides is 3. The van der Waals surface area contributed by atoms with Crippen LogP contribution in [0.15, 0.2) is 47.4 Å². The maximum atomic E-state index is 12.5. The zero-order chi connectivity index (χ0) is 19.8. The number of carbonyl (C=O) groups excluding carboxylic acids is 2. The number of carbonyl (C=O) groups is 2. The Hall–Kier alpha value is -3.30. The lowest BCUT2D eigenvalue weighted by molar-refractivity contribution is -0.274. The standard InChI is InChI=1S/C17H14F3N3O4/c1-10-4-3-7-23(13(10)24)9-16(14(25)21-15(26)22-16)11-5-2-6-12(8-11)27-17(18,19)20/h2-8H,9H2,1H3,(H2,21,22,25,26). The van der Waals surface area contributed by atoms with Crippen LogP contribution in [0.3, 0.4) is 0 Å². The maximum Gasteiger partial charge on any atom is 0.573 e. The number of alkyl halides is 3. The molecular formula is C17H14F3N3O4. The number of halogens is 3. The van der Waals surface area contributed by atoms with Gasteiger partial charge in [-0.3, -0.25) is 14.9 Å². The minimum absolute atomic E-state index is 0.0426. The quantitative estimate of drug-likeness (QED) is 0.791. The zero-order valence-corrected chi connectivity index (χ0v) is 14.0. The molecule has 0 spiro atoms. The van der Waals surface area contributed by atoms with Crippen LogP contribution in [0.2, 0.25) is 0 Å². The van der Waals surface area contributed by atoms with Crippen molar-refractivity contribution in [3.8, 4) is 5.75 Å². The van der Waals surface area contributed by atoms with Crippen LogP contribution in [0.1, 0.15) is 11.1 Å². The Morgan fingerprint density at radius 1 is 1.15 bits per heavy atom. The second-order valence-electron chi connectivity index (χ2n) is 6.01. The number of imide groups is 1. The molecule has 1 unspecified atom stereocenters. The monoisotopic (exact) mass is 381 g/mol. The summed E-state index contributed by atoms with van der Waals surface area (Å²) in [5, 5.41) is 4.48. The number of pyridine rings is 1. The number of aryl methyl sites for hydroxylation is 1. The number of nitrogens with zero attached hydrogens (tertiary/aromatic N) is 1. The van der Waals surface area contributed by atoms with Crippen LogP contribution in [0.4, 0.5) is 18.0 Å². The average molecular weight is 381 g/mol. The van der Waals surface area contributed by atoms with E-state index in [0.717, 1.165) is 12.1 Å². The minimum atomic E-state index is -4.92. The lowest BCUT2D eigenvalue weighted by Crippen LogP contribution is -2.49. The van der Waals surface area contributed by atoms with Crippen molar-refractivity contribution in [2.24, 2.45) is 0 Å². The molecule has 27 heavy (non-hydrogen) atoms. The lowest BCUT2D eigenvalue weighted by Gasteiger charge is -2.28. The molecule has 1 aliphatic heterocycles. The highest BCUT2D eigenvalue weighted by Gasteiger charge is 2.48. The van der Waals surface area contributed by atoms with Gasteiger partial charge in [0.25, 0.3) is 11.5 Å². The SMILES string of the molecule is Cc1cccn(CC2(c3cccc(OC(F)(F)F)c3)NC(=O)NC2=O)c1=O. The van der Waals surface area contributed by atoms with Gasteiger partial charge in [-0.1, -0.05) is 18.2 Å². The molecule has 3 amide bonds. The third kappa shape index (κ3) is 3.64. The van der Waals surface area contributed by atoms with Crippen LogP contribution in [-0.2, 0) is 16.9 Å². The Bertz CT molecular complexity index is 970. The fourth-order valence-electron chi connectivity index (χ4n) is 2.89. The average Bonchev–Trinajstić information content (AvgIpc) is 2.85. The van der Waals surface area contributed by atoms with E-state index in [2.05, 4.69) is 15.4 Å². The molecular weight excluding hydrogens is 367 g/mol. The van der Waals surface area contributed by atoms with Gasteiger partial charge in [-0.2, -0.15) is 0 Å². The van der Waals surface area contributed by atoms with Crippen LogP contribution in [0, 0.1) is 6.92 Å². The Morgan fingerprint density at radius 2 is 1.89 bits per heavy atom. The fourth-order valence-corrected chi connectivity index (χ4v) is 2.89. The molecule has 1 atom stereocenters. The van der Waals surface area contributed by atoms with Crippen molar-refractivity contribution >= 4 is 11.9 Å². The topological polar surface area (TPSA) is 89.4 Å². The molecule has 0 radical (unpaired) electrons. The predicted molar refractivity (Wildman–Crippen MR) is 86.9 cm³/mol. The number of ether oxygens (including phenoxy) is 1. The minimum Gasteiger partial charge on any atom is -0.406 e. The van der Waals surface area contributed by atoms with Crippen LogP contribution < -0.4 is 20.9 Å². The third-order valence-corrected chi connectivity index (χ3v) is 4.12. The number of hydrogen-bond acceptors (Lipinski definition) is 4. The summed E-state index contributed by atoms with van der Waals surface area (Å²) in [6, 6.07) is 7.05. The summed E-state index contributed by atoms with van der Waals surface area (Å²) in [4.78, 5) is 36.6. The van der Waals surface area contributed by atoms with Crippen molar-refractivity contribution < 1.29 is 27.5 Å². The Morgan fingerprint density at radius 3 is 2.52 bits per heavy atom. The van der Waals surface area contributed by atoms with E-state index in [1.54, 1.807) is 19.1 Å². The van der Waals surface area contributed by atoms with Gasteiger partial charge in [-0.15, -0.1) is 13.2 Å². The van der Waals surface area contributed by atoms with E-state index in [1.165, 1.54) is 22.9 Å². The summed E-state index contributed by atoms with van der Waals surface area (Å²) in [6.07, 6.45) is -3.49. The molecule has 1 aromatic heterocycles. The molecule has 142 valence electrons. The summed E-state index contributed by atoms with van der Waals surface area (Å²) in [6.45, 7) is 1.27. The normalized spacial score (nSPS) is 19.6. The molecule has 1 aliphatic rings. The second-order valence-corrected chi connectivity index (χ2v) is 6.01. The lowest BCUT2D eigenvalue weighted by atomic mass is 9.89. The zero-order valence-electron chi connectivity index (χ0n) is 14.0. The van der Waals surface area contributed by atoms with Gasteiger partial charge in [0, 0.05) is 11.8 Å². The Balaban J connectivity index is 2.09. The van der Waals surface area contributed by atoms with Gasteiger partial charge >= 0.3 is 12.4 Å². The molecule has 2 N–H and O–H groups in total. The van der Waals surface area contributed by atoms with Gasteiger partial charge in [0.15, 0.2) is 5.54 Å². The number of benzene rings is 1. The predicted octanol–water partition coefficient (Wildman–Crippen LogP) is 1.79. The van der Waals surface area contributed by atoms with Crippen LogP contribution in [-0.4, -0.2) is 22.9 Å². The molecule has 7 nitrogen and oxygen atoms in total. The molecule has 1 saturated heterocycles. The van der Waals surface area contributed by atoms with Gasteiger partial charge in [0.1, 0.15) is 5.75 Å². The van der Waals surface area contributed by atoms with E-state index < -0.39 is 35.1 Å². The smallest absolute Gasteiger partial charge is 0.406 e. The number of rotatable bonds is 4. The Kier molecular flexibility index (Phi) is 4.42. The van der Waals surface area contributed by atoms with E-state index in [0.29, 0.717) is 5.56 Å². The summed E-state index contributed by atoms with van der Waals surface area (Å²) in [5.41, 5.74) is -1.71. The highest BCUT2D eigenvalue weighted by atomic mass is 19.4. The van der Waals surface area contributed by atoms with E-state index in [9.17, 15) is 27.6 Å². The van der Waals surface area contributed by atoms with E-state index in [4.69, 9.17) is 0 Å². The molecule has 1 fully saturated rings. The molecule has 0 saturated carbocycles. The summed E-state index contributed by atoms with van der Waals surface area (Å²) in [7, 11) is 0. The first-order valence-corrected chi connectivity index (χ1v) is 7.77. The van der Waals surface area contributed by atoms with Crippen molar-refractivity contribution in [1.82, 2.24) is 15.2 Å². The maximum absolute atomic E-state index is 12.5. The van der Waals surface area contributed by atoms with Crippen molar-refractivity contribution in [3.05, 3.63) is 64.1 Å². The molecule has 0 bridgehead atoms. The van der Waals surface area contributed by atoms with Gasteiger partial charge < -0.3 is 14.6 Å². The van der Waals surface area contributed by atoms with Gasteiger partial charge in [0.2, 0.25) is 0 Å². The van der Waals surface area contributed by atoms with Crippen molar-refractivity contribution in [3.63, 3.8) is 0 Å². The van der Waals surface area contributed by atoms with Crippen LogP contribution in [0.25, 0.3) is 0 Å². The molecule has 0 aliphatic carbocycles. The Labute approximate surface area is 150 Å². The number of aromatic nitrogens is 1. The summed E-state index contributed by atoms with van der Waals surface area (Å²) < 4.78 is 42.6. The number of hydrogen-bond donors (Lipinski definition) is 2. The highest BCUT2D eigenvalue weighted by Crippen LogP contribution is 2.31. The first kappa shape index (κ1) is 18.5. The number of nitrogens with one attached hydrogen (secondary N) is 2. The van der Waals surface area contributed by atoms with E-state index in [1.807, 2.05) is 0 Å². The van der Waals surface area contributed by atoms with E-state index in [-0.39, 0.29) is 12.1 Å². The summed E-state index contributed by atoms with van der Waals surface area (Å²) in [5.74, 6) is -1.34. The molecule has 2 aromatic rings. The molecule has 1 aromatic carbocycles. The van der Waals surface area contributed by atoms with Crippen molar-refractivity contribution in [1.29, 1.82) is 0 Å². The molecule has 10 heteroatoms. The van der Waals surface area contributed by atoms with Gasteiger partial charge in [0.05, 0.1) is 6.54 Å². The van der Waals surface area contributed by atoms with E-state index >= 15 is 0 Å². The molecule has 3 rings (SSSR count). The van der Waals surface area contributed by atoms with Crippen molar-refractivity contribution in [2.45, 2.75) is 25.4 Å². The second kappa shape index (κ2) is 6.45. The van der Waals surface area contributed by atoms with Crippen molar-refractivity contribution in [2.75, 3.05) is 0 Å². The first-order chi connectivity index (χ1) is 12.6. The summed E-state index contributed by atoms with van der Waals surface area (Å²) >= 11 is 0. The van der Waals surface area contributed by atoms with Gasteiger partial charge in [-0.05, 0) is 30.7 Å². The van der Waals surface area contributed by atoms with Crippen LogP contribution >= 0.6 is 0 Å². The highest BCUT2D eigenvalue weighted by molar-refractivity contribution is 6.07. The molecule has 2 heterocycles. The fraction of sp³-hybridized carbons (Fsp3) is 0.235. The van der Waals surface area contributed by atoms with Crippen LogP contribution in [0.5, 0.6) is 5.75 Å². The third-order valence-electron chi connectivity index (χ3n) is 4.12. The van der Waals surface area contributed by atoms with Gasteiger partial charge in [-0.25, -0.2) is 4.79 Å². The largest absolute Gasteiger partial charge is 0.573 e. The number of urea groups is 1.